The molecule has 1 atom stereocenters. The summed E-state index contributed by atoms with van der Waals surface area (Å²) in [5, 5.41) is 31.7. The fraction of sp³-hybridized carbons (Fsp3) is 0.297. The number of hydrogen-bond donors (Lipinski definition) is 0. The van der Waals surface area contributed by atoms with Crippen molar-refractivity contribution in [3.8, 4) is 17.2 Å². The number of azide groups is 1. The van der Waals surface area contributed by atoms with Crippen molar-refractivity contribution in [3.05, 3.63) is 111 Å². The fourth-order valence-corrected chi connectivity index (χ4v) is 4.99. The molecule has 0 spiro atoms. The number of ether oxygens (including phenoxy) is 4. The number of Topliss-reactive ketones (excluding diaryl/α,β-unsaturated/α-hetero) is 1. The number of azo groups is 2. The van der Waals surface area contributed by atoms with Gasteiger partial charge in [0.15, 0.2) is 0 Å². The maximum Gasteiger partial charge on any atom is 0.298 e. The van der Waals surface area contributed by atoms with Crippen molar-refractivity contribution in [3.63, 3.8) is 0 Å². The maximum absolute atomic E-state index is 12.6. The molecule has 4 aromatic rings. The van der Waals surface area contributed by atoms with Crippen LogP contribution in [0.25, 0.3) is 10.4 Å². The first-order valence-electron chi connectivity index (χ1n) is 16.7. The van der Waals surface area contributed by atoms with Gasteiger partial charge < -0.3 is 23.8 Å². The monoisotopic (exact) mass is 737 g/mol. The van der Waals surface area contributed by atoms with E-state index in [0.29, 0.717) is 85.1 Å². The number of nitrogens with zero attached hydrogens (tertiary/aromatic N) is 9. The zero-order chi connectivity index (χ0) is 38.7. The predicted molar refractivity (Wildman–Crippen MR) is 200 cm³/mol. The van der Waals surface area contributed by atoms with E-state index in [2.05, 4.69) is 30.5 Å². The average Bonchev–Trinajstić information content (AvgIpc) is 3.19. The first-order valence-corrected chi connectivity index (χ1v) is 16.7. The number of non-ortho nitro benzene ring substituents is 1. The van der Waals surface area contributed by atoms with Crippen LogP contribution >= 0.6 is 0 Å². The van der Waals surface area contributed by atoms with Crippen molar-refractivity contribution in [2.75, 3.05) is 32.7 Å². The molecular weight excluding hydrogens is 698 g/mol. The number of hydrogen-bond acceptors (Lipinski definition) is 14. The molecule has 0 saturated heterocycles. The van der Waals surface area contributed by atoms with Gasteiger partial charge in [-0.1, -0.05) is 23.7 Å². The third-order valence-electron chi connectivity index (χ3n) is 7.99. The lowest BCUT2D eigenvalue weighted by Gasteiger charge is -2.19. The minimum Gasteiger partial charge on any atom is -0.494 e. The lowest BCUT2D eigenvalue weighted by molar-refractivity contribution is -0.384. The van der Waals surface area contributed by atoms with Gasteiger partial charge in [-0.05, 0) is 72.5 Å². The summed E-state index contributed by atoms with van der Waals surface area (Å²) in [6.45, 7) is 1.11. The number of carbonyl (C=O) groups is 2. The van der Waals surface area contributed by atoms with Crippen LogP contribution < -0.4 is 19.1 Å². The van der Waals surface area contributed by atoms with Gasteiger partial charge >= 0.3 is 0 Å². The summed E-state index contributed by atoms with van der Waals surface area (Å²) in [4.78, 5) is 38.3. The van der Waals surface area contributed by atoms with E-state index < -0.39 is 11.2 Å². The summed E-state index contributed by atoms with van der Waals surface area (Å²) in [6, 6.07) is 23.1. The summed E-state index contributed by atoms with van der Waals surface area (Å²) in [5.41, 5.74) is 12.4. The number of methoxy groups -OCH3 is 2. The van der Waals surface area contributed by atoms with Crippen molar-refractivity contribution in [2.24, 2.45) is 25.6 Å². The molecule has 0 bridgehead atoms. The maximum atomic E-state index is 12.6. The van der Waals surface area contributed by atoms with Gasteiger partial charge in [-0.3, -0.25) is 19.7 Å². The van der Waals surface area contributed by atoms with Gasteiger partial charge in [0.05, 0.1) is 37.1 Å². The van der Waals surface area contributed by atoms with Crippen LogP contribution in [0.3, 0.4) is 0 Å². The number of rotatable bonds is 22. The molecule has 0 amide bonds. The molecule has 4 aromatic carbocycles. The zero-order valence-electron chi connectivity index (χ0n) is 30.0. The van der Waals surface area contributed by atoms with Gasteiger partial charge in [0.1, 0.15) is 40.6 Å². The van der Waals surface area contributed by atoms with Gasteiger partial charge in [0.25, 0.3) is 12.2 Å². The van der Waals surface area contributed by atoms with Crippen LogP contribution in [0.1, 0.15) is 37.7 Å². The number of ketones is 1. The predicted octanol–water partition coefficient (Wildman–Crippen LogP) is 9.79. The Morgan fingerprint density at radius 2 is 1.46 bits per heavy atom. The smallest absolute Gasteiger partial charge is 0.298 e. The summed E-state index contributed by atoms with van der Waals surface area (Å²) < 4.78 is 21.5. The highest BCUT2D eigenvalue weighted by Gasteiger charge is 2.13. The third kappa shape index (κ3) is 12.5. The Balaban J connectivity index is 1.23. The Morgan fingerprint density at radius 3 is 2.00 bits per heavy atom. The van der Waals surface area contributed by atoms with Crippen LogP contribution in [0.15, 0.2) is 111 Å². The second kappa shape index (κ2) is 21.0. The molecule has 54 heavy (non-hydrogen) atoms. The first kappa shape index (κ1) is 40.1. The van der Waals surface area contributed by atoms with E-state index in [9.17, 15) is 19.7 Å². The van der Waals surface area contributed by atoms with E-state index in [4.69, 9.17) is 24.5 Å². The van der Waals surface area contributed by atoms with E-state index in [1.165, 1.54) is 38.5 Å². The topological polar surface area (TPSA) is 216 Å². The molecule has 4 rings (SSSR count). The van der Waals surface area contributed by atoms with Crippen molar-refractivity contribution in [1.29, 1.82) is 0 Å². The Morgan fingerprint density at radius 1 is 0.870 bits per heavy atom. The second-order valence-corrected chi connectivity index (χ2v) is 11.7. The highest BCUT2D eigenvalue weighted by Crippen LogP contribution is 2.41. The van der Waals surface area contributed by atoms with Crippen LogP contribution in [0.4, 0.5) is 34.1 Å². The van der Waals surface area contributed by atoms with E-state index in [0.717, 1.165) is 11.3 Å². The molecule has 0 fully saturated rings. The number of nitro groups is 1. The lowest BCUT2D eigenvalue weighted by Crippen LogP contribution is -2.21. The average molecular weight is 738 g/mol. The molecule has 0 aliphatic carbocycles. The van der Waals surface area contributed by atoms with Crippen LogP contribution in [0.2, 0.25) is 0 Å². The molecule has 0 aliphatic rings. The van der Waals surface area contributed by atoms with Crippen LogP contribution in [-0.4, -0.2) is 51.2 Å². The van der Waals surface area contributed by atoms with Crippen molar-refractivity contribution < 1.29 is 33.5 Å². The minimum absolute atomic E-state index is 0.0475. The summed E-state index contributed by atoms with van der Waals surface area (Å²) in [7, 11) is 4.88. The number of unbranched alkanes of at least 4 members (excludes halogenated alkanes) is 1. The van der Waals surface area contributed by atoms with E-state index in [1.54, 1.807) is 36.4 Å². The number of benzene rings is 4. The number of anilines is 1. The Hall–Kier alpha value is -6.71. The number of carbonyl (C=O) groups excluding carboxylic acids is 2. The van der Waals surface area contributed by atoms with Crippen LogP contribution in [-0.2, 0) is 20.9 Å². The molecule has 0 aliphatic heterocycles. The molecule has 0 heterocycles. The molecule has 0 saturated carbocycles. The first-order chi connectivity index (χ1) is 26.2. The van der Waals surface area contributed by atoms with Gasteiger partial charge in [0, 0.05) is 61.3 Å². The van der Waals surface area contributed by atoms with Gasteiger partial charge in [-0.25, -0.2) is 0 Å². The van der Waals surface area contributed by atoms with Gasteiger partial charge in [-0.2, -0.15) is 10.2 Å². The third-order valence-corrected chi connectivity index (χ3v) is 7.99. The molecule has 0 N–H and O–H groups in total. The molecular formula is C37H39N9O8. The standard InChI is InChI=1S/C37H39N9O8/c1-45(21-20-31(48)6-4-5-7-37(43-44-38)53-24-26-8-18-32(19-9-26)54-25-47)29-14-10-27(11-15-29)39-41-33-22-36(52-3)34(23-35(33)51-2)42-40-28-12-16-30(17-13-28)46(49)50/h8-19,22-23,25,37H,4-7,20-21,24H2,1-3H3. The molecule has 280 valence electrons. The van der Waals surface area contributed by atoms with Crippen molar-refractivity contribution in [2.45, 2.75) is 44.9 Å². The summed E-state index contributed by atoms with van der Waals surface area (Å²) in [6.07, 6.45) is 1.92. The van der Waals surface area contributed by atoms with Crippen LogP contribution in [0.5, 0.6) is 17.2 Å². The summed E-state index contributed by atoms with van der Waals surface area (Å²) in [5.74, 6) is 1.31. The quantitative estimate of drug-likeness (QED) is 0.0142. The highest BCUT2D eigenvalue weighted by atomic mass is 16.6. The fourth-order valence-electron chi connectivity index (χ4n) is 4.99. The van der Waals surface area contributed by atoms with Crippen LogP contribution in [0, 0.1) is 10.1 Å². The van der Waals surface area contributed by atoms with Crippen molar-refractivity contribution in [1.82, 2.24) is 0 Å². The largest absolute Gasteiger partial charge is 0.494 e. The molecule has 0 aromatic heterocycles. The Bertz CT molecular complexity index is 1970. The minimum atomic E-state index is -0.657. The molecule has 17 heteroatoms. The van der Waals surface area contributed by atoms with E-state index >= 15 is 0 Å². The molecule has 17 nitrogen and oxygen atoms in total. The zero-order valence-corrected chi connectivity index (χ0v) is 30.0. The second-order valence-electron chi connectivity index (χ2n) is 11.7. The lowest BCUT2D eigenvalue weighted by atomic mass is 10.1. The number of nitro benzene ring substituents is 1. The Kier molecular flexibility index (Phi) is 15.6. The van der Waals surface area contributed by atoms with Gasteiger partial charge in [0.2, 0.25) is 0 Å². The SMILES string of the molecule is COc1cc(N=Nc2ccc([N+](=O)[O-])cc2)c(OC)cc1N=Nc1ccc(N(C)CCC(=O)CCCCC(N=[N+]=[N-])OCc2ccc(OC=O)cc2)cc1. The Labute approximate surface area is 311 Å². The van der Waals surface area contributed by atoms with E-state index in [-0.39, 0.29) is 18.1 Å². The highest BCUT2D eigenvalue weighted by molar-refractivity contribution is 5.79. The van der Waals surface area contributed by atoms with Crippen molar-refractivity contribution >= 4 is 46.4 Å². The molecule has 1 unspecified atom stereocenters. The molecule has 0 radical (unpaired) electrons. The van der Waals surface area contributed by atoms with Gasteiger partial charge in [-0.15, -0.1) is 10.2 Å². The normalized spacial score (nSPS) is 11.5. The van der Waals surface area contributed by atoms with E-state index in [1.807, 2.05) is 36.2 Å². The summed E-state index contributed by atoms with van der Waals surface area (Å²) >= 11 is 0.